The highest BCUT2D eigenvalue weighted by molar-refractivity contribution is 6.30. The molecule has 1 aromatic carbocycles. The van der Waals surface area contributed by atoms with Gasteiger partial charge in [0.2, 0.25) is 0 Å². The van der Waals surface area contributed by atoms with Crippen molar-refractivity contribution in [2.24, 2.45) is 5.92 Å². The maximum Gasteiger partial charge on any atom is 0.309 e. The zero-order chi connectivity index (χ0) is 12.4. The maximum absolute atomic E-state index is 11.3. The van der Waals surface area contributed by atoms with Gasteiger partial charge in [-0.3, -0.25) is 9.59 Å². The Hall–Kier alpha value is -1.35. The van der Waals surface area contributed by atoms with Crippen LogP contribution in [0, 0.1) is 5.92 Å². The Kier molecular flexibility index (Phi) is 3.48. The maximum atomic E-state index is 11.3. The number of hydrogen-bond donors (Lipinski definition) is 0. The van der Waals surface area contributed by atoms with Gasteiger partial charge in [-0.1, -0.05) is 24.3 Å². The third-order valence-electron chi connectivity index (χ3n) is 3.08. The molecule has 3 nitrogen and oxygen atoms in total. The third-order valence-corrected chi connectivity index (χ3v) is 3.32. The van der Waals surface area contributed by atoms with Crippen molar-refractivity contribution < 1.29 is 14.3 Å². The highest BCUT2D eigenvalue weighted by Crippen LogP contribution is 2.48. The van der Waals surface area contributed by atoms with Crippen LogP contribution in [0.4, 0.5) is 0 Å². The molecule has 0 saturated heterocycles. The largest absolute Gasteiger partial charge is 0.469 e. The molecule has 0 N–H and O–H groups in total. The van der Waals surface area contributed by atoms with Crippen LogP contribution in [0.15, 0.2) is 24.3 Å². The molecule has 2 rings (SSSR count). The average Bonchev–Trinajstić information content (AvgIpc) is 3.17. The fourth-order valence-corrected chi connectivity index (χ4v) is 2.12. The summed E-state index contributed by atoms with van der Waals surface area (Å²) in [5, 5.41) is 0. The van der Waals surface area contributed by atoms with E-state index in [-0.39, 0.29) is 29.5 Å². The van der Waals surface area contributed by atoms with Crippen molar-refractivity contribution >= 4 is 23.4 Å². The van der Waals surface area contributed by atoms with Crippen molar-refractivity contribution in [2.45, 2.75) is 12.3 Å². The van der Waals surface area contributed by atoms with E-state index in [0.29, 0.717) is 5.56 Å². The highest BCUT2D eigenvalue weighted by atomic mass is 35.5. The van der Waals surface area contributed by atoms with Gasteiger partial charge in [0.1, 0.15) is 0 Å². The van der Waals surface area contributed by atoms with E-state index in [1.807, 2.05) is 12.1 Å². The van der Waals surface area contributed by atoms with Gasteiger partial charge in [-0.2, -0.15) is 0 Å². The number of hydrogen-bond acceptors (Lipinski definition) is 3. The Morgan fingerprint density at radius 3 is 2.53 bits per heavy atom. The van der Waals surface area contributed by atoms with E-state index in [1.54, 1.807) is 12.1 Å². The molecule has 90 valence electrons. The van der Waals surface area contributed by atoms with Crippen molar-refractivity contribution in [3.8, 4) is 0 Å². The normalized spacial score (nSPS) is 22.0. The quantitative estimate of drug-likeness (QED) is 0.469. The molecule has 2 unspecified atom stereocenters. The fraction of sp³-hybridized carbons (Fsp3) is 0.385. The van der Waals surface area contributed by atoms with Gasteiger partial charge in [0, 0.05) is 5.56 Å². The second-order valence-electron chi connectivity index (χ2n) is 4.15. The first-order valence-electron chi connectivity index (χ1n) is 5.44. The van der Waals surface area contributed by atoms with Gasteiger partial charge in [0.15, 0.2) is 5.78 Å². The molecular weight excluding hydrogens is 240 g/mol. The molecular formula is C13H13ClO3. The summed E-state index contributed by atoms with van der Waals surface area (Å²) >= 11 is 5.47. The molecule has 17 heavy (non-hydrogen) atoms. The van der Waals surface area contributed by atoms with Crippen LogP contribution in [0.2, 0.25) is 0 Å². The van der Waals surface area contributed by atoms with E-state index in [9.17, 15) is 9.59 Å². The standard InChI is InChI=1S/C13H13ClO3/c1-17-13(16)11-6-10(11)8-2-4-9(5-3-8)12(15)7-14/h2-5,10-11H,6-7H2,1H3. The minimum atomic E-state index is -0.157. The zero-order valence-corrected chi connectivity index (χ0v) is 10.2. The van der Waals surface area contributed by atoms with Crippen LogP contribution < -0.4 is 0 Å². The number of Topliss-reactive ketones (excluding diaryl/α,β-unsaturated/α-hetero) is 1. The number of rotatable bonds is 4. The Balaban J connectivity index is 2.05. The van der Waals surface area contributed by atoms with Gasteiger partial charge >= 0.3 is 5.97 Å². The minimum Gasteiger partial charge on any atom is -0.469 e. The molecule has 1 aliphatic rings. The van der Waals surface area contributed by atoms with Crippen molar-refractivity contribution in [1.82, 2.24) is 0 Å². The van der Waals surface area contributed by atoms with E-state index in [4.69, 9.17) is 16.3 Å². The monoisotopic (exact) mass is 252 g/mol. The number of ether oxygens (including phenoxy) is 1. The van der Waals surface area contributed by atoms with Gasteiger partial charge in [-0.15, -0.1) is 11.6 Å². The Morgan fingerprint density at radius 1 is 1.35 bits per heavy atom. The van der Waals surface area contributed by atoms with Gasteiger partial charge in [0.05, 0.1) is 18.9 Å². The first-order valence-corrected chi connectivity index (χ1v) is 5.97. The SMILES string of the molecule is COC(=O)C1CC1c1ccc(C(=O)CCl)cc1. The molecule has 0 bridgehead atoms. The van der Waals surface area contributed by atoms with E-state index in [2.05, 4.69) is 0 Å². The number of esters is 1. The van der Waals surface area contributed by atoms with Crippen LogP contribution in [0.5, 0.6) is 0 Å². The van der Waals surface area contributed by atoms with Gasteiger partial charge in [-0.05, 0) is 17.9 Å². The second-order valence-corrected chi connectivity index (χ2v) is 4.42. The number of benzene rings is 1. The number of carbonyl (C=O) groups is 2. The number of halogens is 1. The van der Waals surface area contributed by atoms with Crippen LogP contribution in [-0.2, 0) is 9.53 Å². The summed E-state index contributed by atoms with van der Waals surface area (Å²) in [6.45, 7) is 0. The summed E-state index contributed by atoms with van der Waals surface area (Å²) in [4.78, 5) is 22.6. The predicted octanol–water partition coefficient (Wildman–Crippen LogP) is 2.38. The summed E-state index contributed by atoms with van der Waals surface area (Å²) in [5.41, 5.74) is 1.69. The van der Waals surface area contributed by atoms with E-state index in [1.165, 1.54) is 7.11 Å². The molecule has 0 aromatic heterocycles. The number of alkyl halides is 1. The molecule has 1 saturated carbocycles. The van der Waals surface area contributed by atoms with Crippen LogP contribution in [0.1, 0.15) is 28.3 Å². The number of ketones is 1. The summed E-state index contributed by atoms with van der Waals surface area (Å²) in [5.74, 6) is -0.0280. The molecule has 1 aromatic rings. The minimum absolute atomic E-state index is 0.00639. The lowest BCUT2D eigenvalue weighted by molar-refractivity contribution is -0.142. The number of carbonyl (C=O) groups excluding carboxylic acids is 2. The van der Waals surface area contributed by atoms with Gasteiger partial charge in [0.25, 0.3) is 0 Å². The lowest BCUT2D eigenvalue weighted by Gasteiger charge is -2.01. The molecule has 2 atom stereocenters. The summed E-state index contributed by atoms with van der Waals surface area (Å²) in [6.07, 6.45) is 0.829. The van der Waals surface area contributed by atoms with E-state index < -0.39 is 0 Å². The summed E-state index contributed by atoms with van der Waals surface area (Å²) in [6, 6.07) is 7.28. The Bertz CT molecular complexity index is 438. The van der Waals surface area contributed by atoms with Crippen LogP contribution in [0.25, 0.3) is 0 Å². The zero-order valence-electron chi connectivity index (χ0n) is 9.48. The molecule has 0 spiro atoms. The van der Waals surface area contributed by atoms with Gasteiger partial charge in [-0.25, -0.2) is 0 Å². The van der Waals surface area contributed by atoms with E-state index >= 15 is 0 Å². The van der Waals surface area contributed by atoms with Crippen LogP contribution in [-0.4, -0.2) is 24.7 Å². The Morgan fingerprint density at radius 2 is 2.00 bits per heavy atom. The van der Waals surface area contributed by atoms with Crippen LogP contribution >= 0.6 is 11.6 Å². The number of methoxy groups -OCH3 is 1. The molecule has 4 heteroatoms. The first kappa shape index (κ1) is 12.1. The van der Waals surface area contributed by atoms with Crippen LogP contribution in [0.3, 0.4) is 0 Å². The molecule has 0 aliphatic heterocycles. The van der Waals surface area contributed by atoms with Gasteiger partial charge < -0.3 is 4.74 Å². The smallest absolute Gasteiger partial charge is 0.309 e. The summed E-state index contributed by atoms with van der Waals surface area (Å²) < 4.78 is 4.69. The average molecular weight is 253 g/mol. The topological polar surface area (TPSA) is 43.4 Å². The predicted molar refractivity (Wildman–Crippen MR) is 64.4 cm³/mol. The fourth-order valence-electron chi connectivity index (χ4n) is 1.97. The van der Waals surface area contributed by atoms with Crippen molar-refractivity contribution in [3.63, 3.8) is 0 Å². The molecule has 0 heterocycles. The molecule has 0 amide bonds. The first-order chi connectivity index (χ1) is 8.17. The summed E-state index contributed by atoms with van der Waals surface area (Å²) in [7, 11) is 1.40. The molecule has 1 fully saturated rings. The van der Waals surface area contributed by atoms with Crippen molar-refractivity contribution in [3.05, 3.63) is 35.4 Å². The molecule has 0 radical (unpaired) electrons. The second kappa shape index (κ2) is 4.88. The van der Waals surface area contributed by atoms with E-state index in [0.717, 1.165) is 12.0 Å². The van der Waals surface area contributed by atoms with Crippen molar-refractivity contribution in [2.75, 3.05) is 13.0 Å². The molecule has 1 aliphatic carbocycles. The lowest BCUT2D eigenvalue weighted by Crippen LogP contribution is -2.04. The highest BCUT2D eigenvalue weighted by Gasteiger charge is 2.44. The van der Waals surface area contributed by atoms with Crippen molar-refractivity contribution in [1.29, 1.82) is 0 Å². The Labute approximate surface area is 105 Å². The lowest BCUT2D eigenvalue weighted by atomic mass is 10.0. The third kappa shape index (κ3) is 2.50.